The van der Waals surface area contributed by atoms with Gasteiger partial charge in [0.15, 0.2) is 0 Å². The van der Waals surface area contributed by atoms with E-state index in [1.165, 1.54) is 32.1 Å². The van der Waals surface area contributed by atoms with Gasteiger partial charge < -0.3 is 11.5 Å². The van der Waals surface area contributed by atoms with Crippen molar-refractivity contribution in [2.75, 3.05) is 13.1 Å². The Kier molecular flexibility index (Phi) is 3.87. The third kappa shape index (κ3) is 2.80. The molecule has 0 heterocycles. The zero-order valence-corrected chi connectivity index (χ0v) is 7.26. The number of hydrogen-bond acceptors (Lipinski definition) is 2. The minimum absolute atomic E-state index is 0.861. The maximum atomic E-state index is 5.50. The molecule has 2 atom stereocenters. The van der Waals surface area contributed by atoms with Crippen molar-refractivity contribution in [2.24, 2.45) is 23.3 Å². The summed E-state index contributed by atoms with van der Waals surface area (Å²) < 4.78 is 0. The molecule has 0 spiro atoms. The van der Waals surface area contributed by atoms with E-state index in [0.29, 0.717) is 0 Å². The molecule has 2 heteroatoms. The van der Waals surface area contributed by atoms with E-state index in [1.54, 1.807) is 0 Å². The predicted molar refractivity (Wildman–Crippen MR) is 48.2 cm³/mol. The first-order chi connectivity index (χ1) is 5.36. The van der Waals surface area contributed by atoms with Crippen molar-refractivity contribution >= 4 is 0 Å². The molecule has 0 bridgehead atoms. The van der Waals surface area contributed by atoms with E-state index in [0.717, 1.165) is 24.9 Å². The Hall–Kier alpha value is -0.0800. The Morgan fingerprint density at radius 3 is 1.73 bits per heavy atom. The summed E-state index contributed by atoms with van der Waals surface area (Å²) in [5.74, 6) is 1.83. The molecule has 2 unspecified atom stereocenters. The number of rotatable bonds is 4. The van der Waals surface area contributed by atoms with Gasteiger partial charge in [-0.1, -0.05) is 12.8 Å². The molecule has 0 aromatic carbocycles. The largest absolute Gasteiger partial charge is 0.330 e. The normalized spacial score (nSPS) is 31.1. The van der Waals surface area contributed by atoms with Gasteiger partial charge in [0.05, 0.1) is 0 Å². The lowest BCUT2D eigenvalue weighted by Crippen LogP contribution is -2.08. The zero-order valence-electron chi connectivity index (χ0n) is 7.26. The van der Waals surface area contributed by atoms with Crippen molar-refractivity contribution in [3.8, 4) is 0 Å². The molecule has 0 radical (unpaired) electrons. The van der Waals surface area contributed by atoms with Crippen LogP contribution in [0.15, 0.2) is 0 Å². The Bertz CT molecular complexity index is 91.7. The van der Waals surface area contributed by atoms with Crippen molar-refractivity contribution < 1.29 is 0 Å². The first-order valence-corrected chi connectivity index (χ1v) is 4.77. The molecule has 1 fully saturated rings. The Morgan fingerprint density at radius 2 is 1.36 bits per heavy atom. The molecule has 1 aliphatic rings. The van der Waals surface area contributed by atoms with Crippen LogP contribution in [0.4, 0.5) is 0 Å². The summed E-state index contributed by atoms with van der Waals surface area (Å²) in [6.45, 7) is 1.72. The van der Waals surface area contributed by atoms with E-state index < -0.39 is 0 Å². The van der Waals surface area contributed by atoms with Gasteiger partial charge >= 0.3 is 0 Å². The van der Waals surface area contributed by atoms with Crippen LogP contribution in [0.3, 0.4) is 0 Å². The van der Waals surface area contributed by atoms with Gasteiger partial charge in [-0.05, 0) is 44.2 Å². The first kappa shape index (κ1) is 9.01. The monoisotopic (exact) mass is 156 g/mol. The summed E-state index contributed by atoms with van der Waals surface area (Å²) in [6, 6.07) is 0. The van der Waals surface area contributed by atoms with Gasteiger partial charge in [0.2, 0.25) is 0 Å². The molecule has 0 aromatic rings. The molecule has 1 aliphatic carbocycles. The molecule has 2 nitrogen and oxygen atoms in total. The highest BCUT2D eigenvalue weighted by molar-refractivity contribution is 4.75. The standard InChI is InChI=1S/C9H20N2/c10-5-3-8-1-2-9(7-8)4-6-11/h8-9H,1-7,10-11H2. The maximum Gasteiger partial charge on any atom is -0.00746 e. The molecule has 0 saturated heterocycles. The topological polar surface area (TPSA) is 52.0 Å². The van der Waals surface area contributed by atoms with Crippen LogP contribution in [-0.2, 0) is 0 Å². The Morgan fingerprint density at radius 1 is 0.909 bits per heavy atom. The van der Waals surface area contributed by atoms with Crippen molar-refractivity contribution in [2.45, 2.75) is 32.1 Å². The average molecular weight is 156 g/mol. The quantitative estimate of drug-likeness (QED) is 0.640. The highest BCUT2D eigenvalue weighted by Gasteiger charge is 2.22. The molecular formula is C9H20N2. The Balaban J connectivity index is 2.12. The van der Waals surface area contributed by atoms with Crippen LogP contribution >= 0.6 is 0 Å². The second-order valence-electron chi connectivity index (χ2n) is 3.70. The third-order valence-electron chi connectivity index (χ3n) is 2.80. The first-order valence-electron chi connectivity index (χ1n) is 4.77. The van der Waals surface area contributed by atoms with Crippen LogP contribution in [0.25, 0.3) is 0 Å². The van der Waals surface area contributed by atoms with Gasteiger partial charge in [-0.15, -0.1) is 0 Å². The summed E-state index contributed by atoms with van der Waals surface area (Å²) in [4.78, 5) is 0. The maximum absolute atomic E-state index is 5.50. The zero-order chi connectivity index (χ0) is 8.10. The van der Waals surface area contributed by atoms with Crippen LogP contribution in [-0.4, -0.2) is 13.1 Å². The van der Waals surface area contributed by atoms with Crippen molar-refractivity contribution in [3.05, 3.63) is 0 Å². The van der Waals surface area contributed by atoms with E-state index in [4.69, 9.17) is 11.5 Å². The fourth-order valence-electron chi connectivity index (χ4n) is 2.17. The third-order valence-corrected chi connectivity index (χ3v) is 2.80. The van der Waals surface area contributed by atoms with Gasteiger partial charge in [0, 0.05) is 0 Å². The van der Waals surface area contributed by atoms with Gasteiger partial charge in [-0.2, -0.15) is 0 Å². The van der Waals surface area contributed by atoms with Crippen molar-refractivity contribution in [1.82, 2.24) is 0 Å². The van der Waals surface area contributed by atoms with Gasteiger partial charge in [-0.25, -0.2) is 0 Å². The summed E-state index contributed by atoms with van der Waals surface area (Å²) in [5.41, 5.74) is 11.0. The second kappa shape index (κ2) is 4.73. The average Bonchev–Trinajstić information content (AvgIpc) is 2.38. The van der Waals surface area contributed by atoms with Crippen LogP contribution in [0.5, 0.6) is 0 Å². The van der Waals surface area contributed by atoms with Gasteiger partial charge in [0.1, 0.15) is 0 Å². The smallest absolute Gasteiger partial charge is 0.00746 e. The molecule has 4 N–H and O–H groups in total. The number of hydrogen-bond donors (Lipinski definition) is 2. The lowest BCUT2D eigenvalue weighted by atomic mass is 10.00. The van der Waals surface area contributed by atoms with Gasteiger partial charge in [-0.3, -0.25) is 0 Å². The van der Waals surface area contributed by atoms with E-state index in [1.807, 2.05) is 0 Å². The van der Waals surface area contributed by atoms with E-state index in [-0.39, 0.29) is 0 Å². The van der Waals surface area contributed by atoms with E-state index >= 15 is 0 Å². The Labute approximate surface area is 69.3 Å². The van der Waals surface area contributed by atoms with E-state index in [2.05, 4.69) is 0 Å². The van der Waals surface area contributed by atoms with Crippen LogP contribution in [0.2, 0.25) is 0 Å². The van der Waals surface area contributed by atoms with E-state index in [9.17, 15) is 0 Å². The highest BCUT2D eigenvalue weighted by atomic mass is 14.5. The minimum Gasteiger partial charge on any atom is -0.330 e. The second-order valence-corrected chi connectivity index (χ2v) is 3.70. The van der Waals surface area contributed by atoms with Crippen LogP contribution in [0.1, 0.15) is 32.1 Å². The number of nitrogens with two attached hydrogens (primary N) is 2. The van der Waals surface area contributed by atoms with Crippen LogP contribution < -0.4 is 11.5 Å². The van der Waals surface area contributed by atoms with Crippen molar-refractivity contribution in [1.29, 1.82) is 0 Å². The summed E-state index contributed by atoms with van der Waals surface area (Å²) in [5, 5.41) is 0. The fraction of sp³-hybridized carbons (Fsp3) is 1.00. The lowest BCUT2D eigenvalue weighted by Gasteiger charge is -2.08. The molecule has 66 valence electrons. The molecular weight excluding hydrogens is 136 g/mol. The molecule has 1 saturated carbocycles. The molecule has 1 rings (SSSR count). The molecule has 0 amide bonds. The lowest BCUT2D eigenvalue weighted by molar-refractivity contribution is 0.454. The predicted octanol–water partition coefficient (Wildman–Crippen LogP) is 1.10. The van der Waals surface area contributed by atoms with Gasteiger partial charge in [0.25, 0.3) is 0 Å². The summed E-state index contributed by atoms with van der Waals surface area (Å²) in [7, 11) is 0. The fourth-order valence-corrected chi connectivity index (χ4v) is 2.17. The molecule has 0 aliphatic heterocycles. The molecule has 0 aromatic heterocycles. The SMILES string of the molecule is NCCC1CCC(CCN)C1. The van der Waals surface area contributed by atoms with Crippen LogP contribution in [0, 0.1) is 11.8 Å². The minimum atomic E-state index is 0.861. The summed E-state index contributed by atoms with van der Waals surface area (Å²) in [6.07, 6.45) is 6.61. The van der Waals surface area contributed by atoms with Crippen molar-refractivity contribution in [3.63, 3.8) is 0 Å². The molecule has 11 heavy (non-hydrogen) atoms. The highest BCUT2D eigenvalue weighted by Crippen LogP contribution is 2.34. The summed E-state index contributed by atoms with van der Waals surface area (Å²) >= 11 is 0.